The Labute approximate surface area is 178 Å². The molecular formula is C24H26N2O3S. The summed E-state index contributed by atoms with van der Waals surface area (Å²) >= 11 is 0. The van der Waals surface area contributed by atoms with E-state index in [0.717, 1.165) is 11.1 Å². The van der Waals surface area contributed by atoms with Crippen LogP contribution in [-0.4, -0.2) is 14.3 Å². The Balaban J connectivity index is 1.81. The van der Waals surface area contributed by atoms with Crippen molar-refractivity contribution in [2.45, 2.75) is 31.7 Å². The molecule has 30 heavy (non-hydrogen) atoms. The number of nitrogens with one attached hydrogen (secondary N) is 2. The van der Waals surface area contributed by atoms with Crippen LogP contribution in [0.15, 0.2) is 83.8 Å². The van der Waals surface area contributed by atoms with E-state index in [1.807, 2.05) is 31.2 Å². The van der Waals surface area contributed by atoms with E-state index in [9.17, 15) is 13.2 Å². The summed E-state index contributed by atoms with van der Waals surface area (Å²) in [5.41, 5.74) is 2.91. The molecule has 1 amide bonds. The van der Waals surface area contributed by atoms with Crippen LogP contribution in [0.4, 0.5) is 5.69 Å². The predicted octanol–water partition coefficient (Wildman–Crippen LogP) is 4.92. The van der Waals surface area contributed by atoms with Crippen molar-refractivity contribution in [2.75, 3.05) is 4.72 Å². The third-order valence-electron chi connectivity index (χ3n) is 4.91. The van der Waals surface area contributed by atoms with Crippen LogP contribution in [0.3, 0.4) is 0 Å². The van der Waals surface area contributed by atoms with Crippen molar-refractivity contribution in [3.63, 3.8) is 0 Å². The topological polar surface area (TPSA) is 75.3 Å². The van der Waals surface area contributed by atoms with Gasteiger partial charge in [0.05, 0.1) is 10.9 Å². The molecule has 2 N–H and O–H groups in total. The first-order chi connectivity index (χ1) is 14.3. The summed E-state index contributed by atoms with van der Waals surface area (Å²) < 4.78 is 27.7. The molecule has 0 aromatic heterocycles. The van der Waals surface area contributed by atoms with E-state index >= 15 is 0 Å². The van der Waals surface area contributed by atoms with Crippen LogP contribution in [0.2, 0.25) is 0 Å². The molecule has 156 valence electrons. The molecule has 0 saturated carbocycles. The Kier molecular flexibility index (Phi) is 6.57. The number of benzene rings is 3. The third-order valence-corrected chi connectivity index (χ3v) is 6.30. The maximum absolute atomic E-state index is 12.9. The second kappa shape index (κ2) is 9.13. The molecule has 0 spiro atoms. The quantitative estimate of drug-likeness (QED) is 0.567. The van der Waals surface area contributed by atoms with Gasteiger partial charge in [-0.15, -0.1) is 0 Å². The SMILES string of the molecule is Cc1ccccc1C(NC(=O)c1cccc(NS(=O)(=O)c2ccccc2)c1)C(C)C. The lowest BCUT2D eigenvalue weighted by Crippen LogP contribution is -2.32. The van der Waals surface area contributed by atoms with Crippen molar-refractivity contribution in [3.05, 3.63) is 95.6 Å². The highest BCUT2D eigenvalue weighted by Crippen LogP contribution is 2.25. The molecular weight excluding hydrogens is 396 g/mol. The summed E-state index contributed by atoms with van der Waals surface area (Å²) in [6.07, 6.45) is 0. The molecule has 0 fully saturated rings. The molecule has 0 aliphatic heterocycles. The first-order valence-electron chi connectivity index (χ1n) is 9.82. The Morgan fingerprint density at radius 3 is 2.20 bits per heavy atom. The number of carbonyl (C=O) groups excluding carboxylic acids is 1. The van der Waals surface area contributed by atoms with Gasteiger partial charge in [-0.25, -0.2) is 8.42 Å². The zero-order valence-corrected chi connectivity index (χ0v) is 18.1. The average Bonchev–Trinajstić information content (AvgIpc) is 2.73. The number of hydrogen-bond acceptors (Lipinski definition) is 3. The van der Waals surface area contributed by atoms with Gasteiger partial charge in [0.25, 0.3) is 15.9 Å². The van der Waals surface area contributed by atoms with Gasteiger partial charge in [0.1, 0.15) is 0 Å². The van der Waals surface area contributed by atoms with Gasteiger partial charge in [-0.05, 0) is 54.3 Å². The van der Waals surface area contributed by atoms with Crippen molar-refractivity contribution in [3.8, 4) is 0 Å². The van der Waals surface area contributed by atoms with Gasteiger partial charge in [0.2, 0.25) is 0 Å². The summed E-state index contributed by atoms with van der Waals surface area (Å²) in [7, 11) is -3.72. The van der Waals surface area contributed by atoms with E-state index in [0.29, 0.717) is 11.3 Å². The highest BCUT2D eigenvalue weighted by molar-refractivity contribution is 7.92. The second-order valence-electron chi connectivity index (χ2n) is 7.55. The zero-order chi connectivity index (χ0) is 21.7. The fourth-order valence-electron chi connectivity index (χ4n) is 3.30. The zero-order valence-electron chi connectivity index (χ0n) is 17.3. The van der Waals surface area contributed by atoms with Crippen LogP contribution in [0.5, 0.6) is 0 Å². The Hall–Kier alpha value is -3.12. The number of rotatable bonds is 7. The summed E-state index contributed by atoms with van der Waals surface area (Å²) in [6.45, 7) is 6.14. The van der Waals surface area contributed by atoms with Gasteiger partial charge in [0.15, 0.2) is 0 Å². The van der Waals surface area contributed by atoms with Crippen molar-refractivity contribution in [1.29, 1.82) is 0 Å². The van der Waals surface area contributed by atoms with Crippen LogP contribution < -0.4 is 10.0 Å². The number of hydrogen-bond donors (Lipinski definition) is 2. The highest BCUT2D eigenvalue weighted by Gasteiger charge is 2.21. The lowest BCUT2D eigenvalue weighted by Gasteiger charge is -2.24. The Bertz CT molecular complexity index is 1130. The first-order valence-corrected chi connectivity index (χ1v) is 11.3. The molecule has 0 bridgehead atoms. The van der Waals surface area contributed by atoms with Crippen LogP contribution in [0.25, 0.3) is 0 Å². The largest absolute Gasteiger partial charge is 0.345 e. The fourth-order valence-corrected chi connectivity index (χ4v) is 4.37. The summed E-state index contributed by atoms with van der Waals surface area (Å²) in [4.78, 5) is 13.1. The van der Waals surface area contributed by atoms with Gasteiger partial charge < -0.3 is 5.32 Å². The number of aryl methyl sites for hydroxylation is 1. The molecule has 1 atom stereocenters. The lowest BCUT2D eigenvalue weighted by molar-refractivity contribution is 0.0925. The van der Waals surface area contributed by atoms with E-state index < -0.39 is 10.0 Å². The lowest BCUT2D eigenvalue weighted by atomic mass is 9.92. The van der Waals surface area contributed by atoms with E-state index in [1.54, 1.807) is 42.5 Å². The van der Waals surface area contributed by atoms with Crippen LogP contribution >= 0.6 is 0 Å². The van der Waals surface area contributed by atoms with Gasteiger partial charge in [-0.3, -0.25) is 9.52 Å². The second-order valence-corrected chi connectivity index (χ2v) is 9.23. The summed E-state index contributed by atoms with van der Waals surface area (Å²) in [5.74, 6) is -0.0625. The van der Waals surface area contributed by atoms with E-state index in [1.165, 1.54) is 12.1 Å². The highest BCUT2D eigenvalue weighted by atomic mass is 32.2. The van der Waals surface area contributed by atoms with E-state index in [4.69, 9.17) is 0 Å². The molecule has 0 radical (unpaired) electrons. The fraction of sp³-hybridized carbons (Fsp3) is 0.208. The minimum absolute atomic E-state index is 0.150. The summed E-state index contributed by atoms with van der Waals surface area (Å²) in [6, 6.07) is 22.5. The van der Waals surface area contributed by atoms with Gasteiger partial charge in [-0.1, -0.05) is 62.4 Å². The molecule has 1 unspecified atom stereocenters. The van der Waals surface area contributed by atoms with Crippen molar-refractivity contribution in [2.24, 2.45) is 5.92 Å². The number of amides is 1. The van der Waals surface area contributed by atoms with Gasteiger partial charge >= 0.3 is 0 Å². The smallest absolute Gasteiger partial charge is 0.261 e. The molecule has 0 aliphatic carbocycles. The Morgan fingerprint density at radius 1 is 0.867 bits per heavy atom. The van der Waals surface area contributed by atoms with Crippen LogP contribution in [0, 0.1) is 12.8 Å². The van der Waals surface area contributed by atoms with Crippen molar-refractivity contribution in [1.82, 2.24) is 5.32 Å². The predicted molar refractivity (Wildman–Crippen MR) is 120 cm³/mol. The monoisotopic (exact) mass is 422 g/mol. The number of sulfonamides is 1. The van der Waals surface area contributed by atoms with Crippen LogP contribution in [0.1, 0.15) is 41.4 Å². The molecule has 0 aliphatic rings. The maximum Gasteiger partial charge on any atom is 0.261 e. The minimum atomic E-state index is -3.72. The van der Waals surface area contributed by atoms with Crippen molar-refractivity contribution < 1.29 is 13.2 Å². The molecule has 0 heterocycles. The normalized spacial score (nSPS) is 12.4. The molecule has 5 nitrogen and oxygen atoms in total. The number of carbonyl (C=O) groups is 1. The van der Waals surface area contributed by atoms with Crippen LogP contribution in [-0.2, 0) is 10.0 Å². The molecule has 0 saturated heterocycles. The van der Waals surface area contributed by atoms with E-state index in [2.05, 4.69) is 23.9 Å². The van der Waals surface area contributed by atoms with Gasteiger partial charge in [0, 0.05) is 11.3 Å². The number of anilines is 1. The van der Waals surface area contributed by atoms with E-state index in [-0.39, 0.29) is 22.8 Å². The summed E-state index contributed by atoms with van der Waals surface area (Å²) in [5, 5.41) is 3.10. The third kappa shape index (κ3) is 5.07. The average molecular weight is 423 g/mol. The Morgan fingerprint density at radius 2 is 1.53 bits per heavy atom. The molecule has 3 rings (SSSR count). The molecule has 3 aromatic carbocycles. The molecule has 6 heteroatoms. The maximum atomic E-state index is 12.9. The standard InChI is InChI=1S/C24H26N2O3S/c1-17(2)23(22-15-8-7-10-18(22)3)25-24(27)19-11-9-12-20(16-19)26-30(28,29)21-13-5-4-6-14-21/h4-17,23,26H,1-3H3,(H,25,27). The minimum Gasteiger partial charge on any atom is -0.345 e. The first kappa shape index (κ1) is 21.6. The molecule has 3 aromatic rings. The van der Waals surface area contributed by atoms with Crippen molar-refractivity contribution >= 4 is 21.6 Å². The van der Waals surface area contributed by atoms with Gasteiger partial charge in [-0.2, -0.15) is 0 Å².